The average molecular weight is 627 g/mol. The summed E-state index contributed by atoms with van der Waals surface area (Å²) in [6, 6.07) is 28.1. The predicted molar refractivity (Wildman–Crippen MR) is 174 cm³/mol. The van der Waals surface area contributed by atoms with E-state index in [4.69, 9.17) is 28.2 Å². The maximum absolute atomic E-state index is 11.5. The van der Waals surface area contributed by atoms with Crippen molar-refractivity contribution in [2.75, 3.05) is 13.1 Å². The van der Waals surface area contributed by atoms with E-state index in [1.54, 1.807) is 6.07 Å². The molecule has 0 spiro atoms. The van der Waals surface area contributed by atoms with Crippen molar-refractivity contribution in [3.05, 3.63) is 129 Å². The molecule has 0 unspecified atom stereocenters. The molecule has 6 nitrogen and oxygen atoms in total. The molecule has 1 aliphatic heterocycles. The molecule has 0 amide bonds. The minimum absolute atomic E-state index is 0.0181. The molecule has 8 heteroatoms. The van der Waals surface area contributed by atoms with E-state index < -0.39 is 5.97 Å². The number of halogens is 2. The summed E-state index contributed by atoms with van der Waals surface area (Å²) in [6.07, 6.45) is 4.33. The topological polar surface area (TPSA) is 78.6 Å². The summed E-state index contributed by atoms with van der Waals surface area (Å²) >= 11 is 12.5. The van der Waals surface area contributed by atoms with Crippen LogP contribution in [-0.2, 0) is 6.54 Å². The van der Waals surface area contributed by atoms with E-state index in [0.29, 0.717) is 28.5 Å². The molecule has 2 N–H and O–H groups in total. The number of rotatable bonds is 8. The Bertz CT molecular complexity index is 1780. The van der Waals surface area contributed by atoms with E-state index in [1.165, 1.54) is 35.8 Å². The van der Waals surface area contributed by atoms with E-state index >= 15 is 0 Å². The van der Waals surface area contributed by atoms with Crippen LogP contribution in [0, 0.1) is 0 Å². The van der Waals surface area contributed by atoms with Gasteiger partial charge in [0.25, 0.3) is 0 Å². The van der Waals surface area contributed by atoms with E-state index in [-0.39, 0.29) is 17.2 Å². The quantitative estimate of drug-likeness (QED) is 0.169. The third kappa shape index (κ3) is 5.82. The Balaban J connectivity index is 1.20. The summed E-state index contributed by atoms with van der Waals surface area (Å²) < 4.78 is 2.53. The second kappa shape index (κ2) is 11.9. The van der Waals surface area contributed by atoms with Gasteiger partial charge in [-0.1, -0.05) is 59.6 Å². The molecule has 1 aromatic heterocycles. The number of hydrogen-bond acceptors (Lipinski definition) is 4. The van der Waals surface area contributed by atoms with Crippen LogP contribution in [-0.4, -0.2) is 43.7 Å². The van der Waals surface area contributed by atoms with Crippen molar-refractivity contribution in [1.29, 1.82) is 0 Å². The zero-order chi connectivity index (χ0) is 30.4. The minimum atomic E-state index is -1.11. The summed E-state index contributed by atoms with van der Waals surface area (Å²) in [7, 11) is 0. The van der Waals surface area contributed by atoms with Crippen molar-refractivity contribution in [3.8, 4) is 5.75 Å². The first-order chi connectivity index (χ1) is 21.3. The van der Waals surface area contributed by atoms with Gasteiger partial charge in [-0.3, -0.25) is 4.90 Å². The second-order valence-corrected chi connectivity index (χ2v) is 12.9. The SMILES string of the molecule is O=C(O)c1cc(CN2CCC(n3c(C4CC4)nc4ccc(C(c5ccc(Cl)cc5)c5ccc(Cl)cc5)cc43)CC2)ccc1O. The van der Waals surface area contributed by atoms with Gasteiger partial charge < -0.3 is 14.8 Å². The Morgan fingerprint density at radius 2 is 1.43 bits per heavy atom. The van der Waals surface area contributed by atoms with E-state index in [1.807, 2.05) is 30.3 Å². The number of benzene rings is 4. The fourth-order valence-electron chi connectivity index (χ4n) is 6.66. The van der Waals surface area contributed by atoms with Crippen molar-refractivity contribution in [3.63, 3.8) is 0 Å². The molecule has 2 heterocycles. The zero-order valence-corrected chi connectivity index (χ0v) is 25.7. The van der Waals surface area contributed by atoms with Crippen LogP contribution in [0.4, 0.5) is 0 Å². The maximum Gasteiger partial charge on any atom is 0.339 e. The van der Waals surface area contributed by atoms with Crippen molar-refractivity contribution in [2.24, 2.45) is 0 Å². The predicted octanol–water partition coefficient (Wildman–Crippen LogP) is 8.64. The minimum Gasteiger partial charge on any atom is -0.507 e. The molecular weight excluding hydrogens is 593 g/mol. The highest BCUT2D eigenvalue weighted by Gasteiger charge is 2.33. The molecule has 44 heavy (non-hydrogen) atoms. The summed E-state index contributed by atoms with van der Waals surface area (Å²) in [5.74, 6) is 0.419. The maximum atomic E-state index is 11.5. The van der Waals surface area contributed by atoms with E-state index in [9.17, 15) is 15.0 Å². The van der Waals surface area contributed by atoms with Gasteiger partial charge in [0.1, 0.15) is 17.1 Å². The number of carboxylic acids is 1. The molecule has 0 radical (unpaired) electrons. The van der Waals surface area contributed by atoms with Gasteiger partial charge in [-0.25, -0.2) is 9.78 Å². The molecule has 0 atom stereocenters. The number of aromatic nitrogens is 2. The van der Waals surface area contributed by atoms with Gasteiger partial charge in [-0.2, -0.15) is 0 Å². The number of nitrogens with zero attached hydrogens (tertiary/aromatic N) is 3. The molecule has 4 aromatic carbocycles. The molecule has 1 saturated carbocycles. The van der Waals surface area contributed by atoms with Crippen LogP contribution in [0.5, 0.6) is 5.75 Å². The average Bonchev–Trinajstić information content (AvgIpc) is 3.81. The van der Waals surface area contributed by atoms with Crippen LogP contribution >= 0.6 is 23.2 Å². The first-order valence-electron chi connectivity index (χ1n) is 15.1. The highest BCUT2D eigenvalue weighted by molar-refractivity contribution is 6.30. The van der Waals surface area contributed by atoms with Gasteiger partial charge in [0.15, 0.2) is 0 Å². The summed E-state index contributed by atoms with van der Waals surface area (Å²) in [5, 5.41) is 20.7. The summed E-state index contributed by atoms with van der Waals surface area (Å²) in [4.78, 5) is 19.0. The fraction of sp³-hybridized carbons (Fsp3) is 0.278. The number of likely N-dealkylation sites (tertiary alicyclic amines) is 1. The highest BCUT2D eigenvalue weighted by Crippen LogP contribution is 2.44. The van der Waals surface area contributed by atoms with Crippen molar-refractivity contribution < 1.29 is 15.0 Å². The first-order valence-corrected chi connectivity index (χ1v) is 15.9. The number of aromatic hydroxyl groups is 1. The van der Waals surface area contributed by atoms with E-state index in [0.717, 1.165) is 48.1 Å². The largest absolute Gasteiger partial charge is 0.507 e. The van der Waals surface area contributed by atoms with Gasteiger partial charge in [0.2, 0.25) is 0 Å². The third-order valence-electron chi connectivity index (χ3n) is 9.04. The number of phenols is 1. The third-order valence-corrected chi connectivity index (χ3v) is 9.55. The van der Waals surface area contributed by atoms with Gasteiger partial charge in [0.05, 0.1) is 11.0 Å². The Morgan fingerprint density at radius 1 is 0.818 bits per heavy atom. The number of fused-ring (bicyclic) bond motifs is 1. The summed E-state index contributed by atoms with van der Waals surface area (Å²) in [6.45, 7) is 2.45. The summed E-state index contributed by atoms with van der Waals surface area (Å²) in [5.41, 5.74) is 6.59. The zero-order valence-electron chi connectivity index (χ0n) is 24.2. The number of hydrogen-bond donors (Lipinski definition) is 2. The lowest BCUT2D eigenvalue weighted by molar-refractivity contribution is 0.0693. The Morgan fingerprint density at radius 3 is 2.02 bits per heavy atom. The standard InChI is InChI=1S/C36H33Cl2N3O3/c37-27-9-4-23(5-10-27)34(24-6-11-28(38)12-7-24)26-8-13-31-32(20-26)41(35(39-31)25-2-3-25)29-15-17-40(18-16-29)21-22-1-14-33(42)30(19-22)36(43)44/h1,4-14,19-20,25,29,34,42H,2-3,15-18,21H2,(H,43,44). The van der Waals surface area contributed by atoms with Crippen LogP contribution in [0.25, 0.3) is 11.0 Å². The number of aromatic carboxylic acids is 1. The van der Waals surface area contributed by atoms with Crippen LogP contribution in [0.1, 0.15) is 82.0 Å². The lowest BCUT2D eigenvalue weighted by atomic mass is 9.85. The molecule has 0 bridgehead atoms. The Hall–Kier alpha value is -3.84. The van der Waals surface area contributed by atoms with Crippen LogP contribution < -0.4 is 0 Å². The lowest BCUT2D eigenvalue weighted by Gasteiger charge is -2.34. The highest BCUT2D eigenvalue weighted by atomic mass is 35.5. The molecule has 1 saturated heterocycles. The number of carbonyl (C=O) groups is 1. The van der Waals surface area contributed by atoms with Crippen LogP contribution in [0.15, 0.2) is 84.9 Å². The van der Waals surface area contributed by atoms with Gasteiger partial charge in [-0.15, -0.1) is 0 Å². The van der Waals surface area contributed by atoms with Crippen molar-refractivity contribution in [2.45, 2.75) is 50.1 Å². The fourth-order valence-corrected chi connectivity index (χ4v) is 6.91. The van der Waals surface area contributed by atoms with Crippen LogP contribution in [0.2, 0.25) is 10.0 Å². The molecule has 2 aliphatic rings. The van der Waals surface area contributed by atoms with Crippen LogP contribution in [0.3, 0.4) is 0 Å². The van der Waals surface area contributed by atoms with Gasteiger partial charge >= 0.3 is 5.97 Å². The molecule has 1 aliphatic carbocycles. The van der Waals surface area contributed by atoms with E-state index in [2.05, 4.69) is 51.9 Å². The monoisotopic (exact) mass is 625 g/mol. The normalized spacial score (nSPS) is 16.2. The van der Waals surface area contributed by atoms with Crippen molar-refractivity contribution in [1.82, 2.24) is 14.5 Å². The molecule has 7 rings (SSSR count). The molecule has 224 valence electrons. The lowest BCUT2D eigenvalue weighted by Crippen LogP contribution is -2.34. The van der Waals surface area contributed by atoms with Gasteiger partial charge in [-0.05, 0) is 96.5 Å². The Labute approximate surface area is 266 Å². The van der Waals surface area contributed by atoms with Gasteiger partial charge in [0, 0.05) is 47.6 Å². The van der Waals surface area contributed by atoms with Crippen molar-refractivity contribution >= 4 is 40.2 Å². The number of carboxylic acid groups (broad SMARTS) is 1. The number of imidazole rings is 1. The first kappa shape index (κ1) is 28.9. The molecule has 2 fully saturated rings. The second-order valence-electron chi connectivity index (χ2n) is 12.1. The Kier molecular flexibility index (Phi) is 7.83. The molecular formula is C36H33Cl2N3O3. The molecule has 5 aromatic rings. The number of piperidine rings is 1. The smallest absolute Gasteiger partial charge is 0.339 e.